The number of halogens is 1. The zero-order valence-corrected chi connectivity index (χ0v) is 4.68. The van der Waals surface area contributed by atoms with Crippen LogP contribution in [-0.2, 0) is 9.08 Å². The van der Waals surface area contributed by atoms with E-state index in [-0.39, 0.29) is 0 Å². The van der Waals surface area contributed by atoms with Crippen molar-refractivity contribution in [3.05, 3.63) is 0 Å². The Morgan fingerprint density at radius 1 is 1.50 bits per heavy atom. The van der Waals surface area contributed by atoms with Crippen molar-refractivity contribution in [3.8, 4) is 0 Å². The summed E-state index contributed by atoms with van der Waals surface area (Å²) in [5, 5.41) is 0. The lowest BCUT2D eigenvalue weighted by Crippen LogP contribution is -2.61. The van der Waals surface area contributed by atoms with E-state index in [4.69, 9.17) is 0 Å². The smallest absolute Gasteiger partial charge is 0.235 e. The van der Waals surface area contributed by atoms with Crippen LogP contribution in [0.2, 0.25) is 0 Å². The second kappa shape index (κ2) is 2.27. The lowest BCUT2D eigenvalue weighted by molar-refractivity contribution is -1.92. The largest absolute Gasteiger partial charge is 0.460 e. The number of carbonyl (C=O) groups is 1. The van der Waals surface area contributed by atoms with Gasteiger partial charge in [0.2, 0.25) is 0 Å². The van der Waals surface area contributed by atoms with Gasteiger partial charge in [-0.15, -0.1) is 0 Å². The van der Waals surface area contributed by atoms with Crippen LogP contribution in [0.25, 0.3) is 0 Å². The number of rotatable bonds is 1. The summed E-state index contributed by atoms with van der Waals surface area (Å²) < 4.78 is 31.4. The van der Waals surface area contributed by atoms with Crippen LogP contribution >= 0.6 is 0 Å². The van der Waals surface area contributed by atoms with Crippen LogP contribution in [0.3, 0.4) is 0 Å². The van der Waals surface area contributed by atoms with Crippen molar-refractivity contribution in [2.75, 3.05) is 0 Å². The molecule has 0 aliphatic rings. The molecule has 0 aliphatic carbocycles. The molecule has 0 saturated heterocycles. The van der Waals surface area contributed by atoms with Crippen molar-refractivity contribution in [2.45, 2.75) is 6.92 Å². The first-order valence-electron chi connectivity index (χ1n) is 1.53. The van der Waals surface area contributed by atoms with E-state index in [0.717, 1.165) is 6.92 Å². The molecule has 0 aliphatic heterocycles. The molecule has 0 bridgehead atoms. The van der Waals surface area contributed by atoms with E-state index in [0.29, 0.717) is 0 Å². The highest BCUT2D eigenvalue weighted by atomic mass is 35.7. The van der Waals surface area contributed by atoms with Gasteiger partial charge in [0, 0.05) is 0 Å². The highest BCUT2D eigenvalue weighted by Gasteiger charge is 2.20. The van der Waals surface area contributed by atoms with Gasteiger partial charge in [0.15, 0.2) is 0 Å². The summed E-state index contributed by atoms with van der Waals surface area (Å²) in [6, 6.07) is 0. The fraction of sp³-hybridized carbons (Fsp3) is 0.500. The van der Waals surface area contributed by atoms with E-state index in [1.165, 1.54) is 0 Å². The van der Waals surface area contributed by atoms with Gasteiger partial charge >= 0.3 is 5.97 Å². The van der Waals surface area contributed by atoms with Crippen molar-refractivity contribution < 1.29 is 33.3 Å². The Labute approximate surface area is 47.2 Å². The summed E-state index contributed by atoms with van der Waals surface area (Å²) in [5.74, 6) is -1.14. The molecular weight excluding hydrogens is 139 g/mol. The molecule has 0 aromatic heterocycles. The molecule has 0 fully saturated rings. The lowest BCUT2D eigenvalue weighted by atomic mass is 10.9. The quantitative estimate of drug-likeness (QED) is 0.378. The fourth-order valence-corrected chi connectivity index (χ4v) is 0.399. The van der Waals surface area contributed by atoms with Crippen molar-refractivity contribution in [3.63, 3.8) is 0 Å². The minimum atomic E-state index is -4.57. The van der Waals surface area contributed by atoms with E-state index in [9.17, 15) is 18.8 Å². The SMILES string of the molecule is CC(=O)O[Cl+3]([O-])([O-])[O-]. The number of carbonyl (C=O) groups excluding carboxylic acids is 1. The van der Waals surface area contributed by atoms with E-state index in [1.54, 1.807) is 0 Å². The summed E-state index contributed by atoms with van der Waals surface area (Å²) in [6.07, 6.45) is 0. The van der Waals surface area contributed by atoms with E-state index in [2.05, 4.69) is 4.29 Å². The van der Waals surface area contributed by atoms with Gasteiger partial charge in [-0.25, -0.2) is 4.79 Å². The van der Waals surface area contributed by atoms with Gasteiger partial charge in [-0.3, -0.25) is 0 Å². The molecular formula is C2H3ClO5. The van der Waals surface area contributed by atoms with Crippen LogP contribution in [0, 0.1) is 10.2 Å². The zero-order valence-electron chi connectivity index (χ0n) is 3.92. The zero-order chi connectivity index (χ0) is 6.78. The molecule has 0 aromatic carbocycles. The Morgan fingerprint density at radius 2 is 1.88 bits per heavy atom. The van der Waals surface area contributed by atoms with E-state index < -0.39 is 16.2 Å². The monoisotopic (exact) mass is 142 g/mol. The minimum absolute atomic E-state index is 0.822. The molecule has 0 aromatic rings. The van der Waals surface area contributed by atoms with Crippen LogP contribution in [0.5, 0.6) is 0 Å². The topological polar surface area (TPSA) is 95.5 Å². The van der Waals surface area contributed by atoms with E-state index in [1.807, 2.05) is 0 Å². The van der Waals surface area contributed by atoms with Crippen LogP contribution < -0.4 is 14.0 Å². The third kappa shape index (κ3) is 5.64. The Hall–Kier alpha value is -0.360. The van der Waals surface area contributed by atoms with Crippen molar-refractivity contribution in [1.29, 1.82) is 0 Å². The maximum Gasteiger partial charge on any atom is 0.460 e. The van der Waals surface area contributed by atoms with E-state index >= 15 is 0 Å². The van der Waals surface area contributed by atoms with Crippen LogP contribution in [-0.4, -0.2) is 5.97 Å². The Balaban J connectivity index is 3.55. The van der Waals surface area contributed by atoms with Crippen molar-refractivity contribution >= 4 is 5.97 Å². The molecule has 5 nitrogen and oxygen atoms in total. The van der Waals surface area contributed by atoms with Crippen molar-refractivity contribution in [1.82, 2.24) is 0 Å². The molecule has 48 valence electrons. The summed E-state index contributed by atoms with van der Waals surface area (Å²) in [5.41, 5.74) is 0. The summed E-state index contributed by atoms with van der Waals surface area (Å²) >= 11 is 0. The molecule has 0 N–H and O–H groups in total. The van der Waals surface area contributed by atoms with Crippen LogP contribution in [0.15, 0.2) is 0 Å². The third-order valence-corrected chi connectivity index (χ3v) is 0.609. The Kier molecular flexibility index (Phi) is 2.17. The standard InChI is InChI=1S/C2H3ClO5/c1-2(4)8-3(5,6)7/h1H3. The summed E-state index contributed by atoms with van der Waals surface area (Å²) in [4.78, 5) is 9.65. The Morgan fingerprint density at radius 3 is 1.88 bits per heavy atom. The van der Waals surface area contributed by atoms with Gasteiger partial charge in [-0.1, -0.05) is 0 Å². The third-order valence-electron chi connectivity index (χ3n) is 0.203. The fourth-order valence-electron chi connectivity index (χ4n) is 0.133. The molecule has 0 heterocycles. The average Bonchev–Trinajstić information content (AvgIpc) is 1.21. The molecule has 8 heavy (non-hydrogen) atoms. The van der Waals surface area contributed by atoms with Gasteiger partial charge in [0.25, 0.3) is 0 Å². The van der Waals surface area contributed by atoms with Gasteiger partial charge < -0.3 is 0 Å². The minimum Gasteiger partial charge on any atom is -0.235 e. The second-order valence-electron chi connectivity index (χ2n) is 0.947. The van der Waals surface area contributed by atoms with Crippen LogP contribution in [0.1, 0.15) is 6.92 Å². The molecule has 0 atom stereocenters. The van der Waals surface area contributed by atoms with Gasteiger partial charge in [-0.05, 0) is 4.29 Å². The average molecular weight is 142 g/mol. The highest BCUT2D eigenvalue weighted by molar-refractivity contribution is 5.64. The molecule has 0 saturated carbocycles. The first-order chi connectivity index (χ1) is 3.42. The maximum atomic E-state index is 9.65. The predicted molar refractivity (Wildman–Crippen MR) is 11.8 cm³/mol. The molecule has 6 heteroatoms. The Bertz CT molecular complexity index is 93.1. The normalized spacial score (nSPS) is 11.0. The van der Waals surface area contributed by atoms with Gasteiger partial charge in [0.1, 0.15) is 10.2 Å². The number of hydrogen-bond donors (Lipinski definition) is 0. The first-order valence-corrected chi connectivity index (χ1v) is 2.76. The predicted octanol–water partition coefficient (Wildman–Crippen LogP) is -3.55. The highest BCUT2D eigenvalue weighted by Crippen LogP contribution is 1.86. The molecule has 0 spiro atoms. The van der Waals surface area contributed by atoms with Crippen molar-refractivity contribution in [2.24, 2.45) is 0 Å². The summed E-state index contributed by atoms with van der Waals surface area (Å²) in [7, 11) is -4.57. The van der Waals surface area contributed by atoms with Crippen LogP contribution in [0.4, 0.5) is 0 Å². The molecule has 0 radical (unpaired) electrons. The molecule has 0 unspecified atom stereocenters. The van der Waals surface area contributed by atoms with Gasteiger partial charge in [0.05, 0.1) is 6.92 Å². The first kappa shape index (κ1) is 7.64. The molecule has 0 amide bonds. The summed E-state index contributed by atoms with van der Waals surface area (Å²) in [6.45, 7) is 0.822. The second-order valence-corrected chi connectivity index (χ2v) is 1.86. The maximum absolute atomic E-state index is 9.65. The number of hydrogen-bond acceptors (Lipinski definition) is 5. The van der Waals surface area contributed by atoms with Gasteiger partial charge in [-0.2, -0.15) is 14.0 Å². The molecule has 0 rings (SSSR count). The lowest BCUT2D eigenvalue weighted by Gasteiger charge is -2.08.